The Morgan fingerprint density at radius 1 is 1.25 bits per heavy atom. The summed E-state index contributed by atoms with van der Waals surface area (Å²) >= 11 is 1.49. The predicted molar refractivity (Wildman–Crippen MR) is 112 cm³/mol. The van der Waals surface area contributed by atoms with E-state index in [1.807, 2.05) is 31.6 Å². The van der Waals surface area contributed by atoms with Crippen molar-refractivity contribution in [2.75, 3.05) is 5.32 Å². The minimum atomic E-state index is -0.486. The van der Waals surface area contributed by atoms with Gasteiger partial charge in [0.25, 0.3) is 0 Å². The fourth-order valence-corrected chi connectivity index (χ4v) is 3.60. The first-order valence-electron chi connectivity index (χ1n) is 9.18. The molecule has 0 aliphatic heterocycles. The molecule has 4 N–H and O–H groups in total. The van der Waals surface area contributed by atoms with Crippen LogP contribution >= 0.6 is 11.3 Å². The maximum atomic E-state index is 11.6. The van der Waals surface area contributed by atoms with Crippen LogP contribution < -0.4 is 20.8 Å². The van der Waals surface area contributed by atoms with Crippen molar-refractivity contribution in [1.82, 2.24) is 4.98 Å². The van der Waals surface area contributed by atoms with Crippen molar-refractivity contribution in [3.05, 3.63) is 53.2 Å². The fourth-order valence-electron chi connectivity index (χ4n) is 2.88. The van der Waals surface area contributed by atoms with Crippen LogP contribution in [0.4, 0.5) is 10.8 Å². The highest BCUT2D eigenvalue weighted by Crippen LogP contribution is 2.34. The number of anilines is 2. The van der Waals surface area contributed by atoms with Gasteiger partial charge in [0.15, 0.2) is 17.5 Å². The van der Waals surface area contributed by atoms with E-state index in [0.717, 1.165) is 11.3 Å². The second kappa shape index (κ2) is 8.39. The molecule has 28 heavy (non-hydrogen) atoms. The van der Waals surface area contributed by atoms with E-state index in [2.05, 4.69) is 30.2 Å². The van der Waals surface area contributed by atoms with Crippen LogP contribution in [-0.2, 0) is 0 Å². The number of rotatable bonds is 7. The maximum absolute atomic E-state index is 11.6. The van der Waals surface area contributed by atoms with E-state index in [9.17, 15) is 4.79 Å². The van der Waals surface area contributed by atoms with Crippen LogP contribution in [0.2, 0.25) is 0 Å². The number of H-pyrrole nitrogens is 1. The lowest BCUT2D eigenvalue weighted by Gasteiger charge is -2.15. The molecule has 0 aliphatic rings. The first-order valence-corrected chi connectivity index (χ1v) is 10.1. The van der Waals surface area contributed by atoms with Gasteiger partial charge >= 0.3 is 0 Å². The number of nitrogens with zero attached hydrogens (tertiary/aromatic N) is 1. The van der Waals surface area contributed by atoms with Crippen molar-refractivity contribution in [3.8, 4) is 17.0 Å². The molecule has 2 heterocycles. The van der Waals surface area contributed by atoms with E-state index < -0.39 is 5.91 Å². The van der Waals surface area contributed by atoms with Crippen LogP contribution in [-0.4, -0.2) is 17.0 Å². The molecule has 146 valence electrons. The summed E-state index contributed by atoms with van der Waals surface area (Å²) in [7, 11) is 0. The molecule has 0 fully saturated rings. The number of aromatic nitrogens is 2. The summed E-state index contributed by atoms with van der Waals surface area (Å²) in [4.78, 5) is 19.4. The first kappa shape index (κ1) is 19.8. The zero-order valence-electron chi connectivity index (χ0n) is 16.4. The molecule has 2 aromatic heterocycles. The molecule has 3 aromatic rings. The van der Waals surface area contributed by atoms with Crippen molar-refractivity contribution in [1.29, 1.82) is 0 Å². The zero-order valence-corrected chi connectivity index (χ0v) is 17.3. The van der Waals surface area contributed by atoms with Gasteiger partial charge in [0.05, 0.1) is 23.0 Å². The highest BCUT2D eigenvalue weighted by atomic mass is 32.1. The number of primary amides is 1. The lowest BCUT2D eigenvalue weighted by atomic mass is 9.98. The van der Waals surface area contributed by atoms with E-state index >= 15 is 0 Å². The molecule has 6 nitrogen and oxygen atoms in total. The Bertz CT molecular complexity index is 982. The Morgan fingerprint density at radius 2 is 2.04 bits per heavy atom. The van der Waals surface area contributed by atoms with Crippen LogP contribution in [0.25, 0.3) is 11.3 Å². The topological polar surface area (TPSA) is 91.4 Å². The van der Waals surface area contributed by atoms with Crippen molar-refractivity contribution in [3.63, 3.8) is 0 Å². The first-order chi connectivity index (χ1) is 13.3. The number of nitrogens with two attached hydrogens (primary N) is 1. The number of ether oxygens (including phenoxy) is 1. The average molecular weight is 398 g/mol. The number of aromatic amines is 1. The van der Waals surface area contributed by atoms with E-state index in [4.69, 9.17) is 15.5 Å². The van der Waals surface area contributed by atoms with Crippen LogP contribution in [0.15, 0.2) is 42.0 Å². The summed E-state index contributed by atoms with van der Waals surface area (Å²) in [5.41, 5.74) is 9.70. The summed E-state index contributed by atoms with van der Waals surface area (Å²) in [6.07, 6.45) is 3.89. The highest BCUT2D eigenvalue weighted by Gasteiger charge is 2.16. The number of carbonyl (C=O) groups excluding carboxylic acids is 1. The van der Waals surface area contributed by atoms with Gasteiger partial charge in [0, 0.05) is 17.0 Å². The smallest absolute Gasteiger partial charge is 0.248 e. The third-order valence-corrected chi connectivity index (χ3v) is 4.93. The molecule has 7 heteroatoms. The lowest BCUT2D eigenvalue weighted by molar-refractivity contribution is -0.377. The number of benzene rings is 1. The number of thiazole rings is 1. The fraction of sp³-hybridized carbons (Fsp3) is 0.286. The SMILES string of the molecule is CC(C)Oc1ccc(C(N)=O)cc1Nc1nc(-c2c[nH+]ccc2C(C)C)cs1. The molecule has 3 rings (SSSR count). The van der Waals surface area contributed by atoms with Crippen molar-refractivity contribution in [2.45, 2.75) is 39.7 Å². The predicted octanol–water partition coefficient (Wildman–Crippen LogP) is 4.38. The van der Waals surface area contributed by atoms with Crippen LogP contribution in [0.3, 0.4) is 0 Å². The van der Waals surface area contributed by atoms with Gasteiger partial charge in [-0.15, -0.1) is 11.3 Å². The minimum Gasteiger partial charge on any atom is -0.489 e. The third kappa shape index (κ3) is 4.48. The molecule has 0 atom stereocenters. The van der Waals surface area contributed by atoms with Crippen molar-refractivity contribution in [2.24, 2.45) is 5.73 Å². The van der Waals surface area contributed by atoms with E-state index in [0.29, 0.717) is 28.0 Å². The molecule has 0 spiro atoms. The average Bonchev–Trinajstić information content (AvgIpc) is 3.11. The van der Waals surface area contributed by atoms with Crippen LogP contribution in [0, 0.1) is 0 Å². The molecule has 0 radical (unpaired) electrons. The molecular weight excluding hydrogens is 372 g/mol. The molecule has 0 unspecified atom stereocenters. The standard InChI is InChI=1S/C21H24N4O2S/c1-12(2)15-7-8-23-10-16(15)18-11-28-21(25-18)24-17-9-14(20(22)26)5-6-19(17)27-13(3)4/h5-13H,1-4H3,(H2,22,26)(H,24,25)/p+1. The number of amides is 1. The van der Waals surface area contributed by atoms with Crippen LogP contribution in [0.5, 0.6) is 5.75 Å². The van der Waals surface area contributed by atoms with Crippen LogP contribution in [0.1, 0.15) is 49.5 Å². The number of nitrogens with one attached hydrogen (secondary N) is 2. The second-order valence-electron chi connectivity index (χ2n) is 7.07. The van der Waals surface area contributed by atoms with E-state index in [1.165, 1.54) is 16.9 Å². The van der Waals surface area contributed by atoms with Crippen molar-refractivity contribution < 1.29 is 14.5 Å². The molecule has 0 saturated carbocycles. The van der Waals surface area contributed by atoms with Gasteiger partial charge in [0.1, 0.15) is 5.75 Å². The number of carbonyl (C=O) groups is 1. The summed E-state index contributed by atoms with van der Waals surface area (Å²) in [5, 5.41) is 6.00. The lowest BCUT2D eigenvalue weighted by Crippen LogP contribution is -2.12. The normalized spacial score (nSPS) is 11.1. The van der Waals surface area contributed by atoms with Crippen molar-refractivity contribution >= 4 is 28.1 Å². The molecule has 1 aromatic carbocycles. The van der Waals surface area contributed by atoms with E-state index in [1.54, 1.807) is 18.2 Å². The summed E-state index contributed by atoms with van der Waals surface area (Å²) in [6.45, 7) is 8.23. The number of pyridine rings is 1. The molecule has 0 bridgehead atoms. The quantitative estimate of drug-likeness (QED) is 0.619. The Balaban J connectivity index is 1.93. The third-order valence-electron chi connectivity index (χ3n) is 4.17. The Morgan fingerprint density at radius 3 is 2.71 bits per heavy atom. The van der Waals surface area contributed by atoms with Gasteiger partial charge in [-0.1, -0.05) is 13.8 Å². The summed E-state index contributed by atoms with van der Waals surface area (Å²) < 4.78 is 5.85. The molecule has 1 amide bonds. The largest absolute Gasteiger partial charge is 0.489 e. The zero-order chi connectivity index (χ0) is 20.3. The molecule has 0 saturated heterocycles. The maximum Gasteiger partial charge on any atom is 0.248 e. The number of hydrogen-bond donors (Lipinski definition) is 2. The van der Waals surface area contributed by atoms with E-state index in [-0.39, 0.29) is 6.10 Å². The Kier molecular flexibility index (Phi) is 5.94. The second-order valence-corrected chi connectivity index (χ2v) is 7.93. The minimum absolute atomic E-state index is 0.000268. The van der Waals surface area contributed by atoms with Gasteiger partial charge in [-0.3, -0.25) is 4.79 Å². The Labute approximate surface area is 168 Å². The summed E-state index contributed by atoms with van der Waals surface area (Å²) in [6, 6.07) is 7.18. The summed E-state index contributed by atoms with van der Waals surface area (Å²) in [5.74, 6) is 0.550. The molecular formula is C21H25N4O2S+. The van der Waals surface area contributed by atoms with Gasteiger partial charge in [-0.25, -0.2) is 9.97 Å². The Hall–Kier alpha value is -2.93. The molecule has 0 aliphatic carbocycles. The highest BCUT2D eigenvalue weighted by molar-refractivity contribution is 7.14. The van der Waals surface area contributed by atoms with Gasteiger partial charge < -0.3 is 15.8 Å². The number of hydrogen-bond acceptors (Lipinski definition) is 5. The van der Waals surface area contributed by atoms with Gasteiger partial charge in [-0.2, -0.15) is 0 Å². The van der Waals surface area contributed by atoms with Gasteiger partial charge in [-0.05, 0) is 43.5 Å². The monoisotopic (exact) mass is 397 g/mol. The van der Waals surface area contributed by atoms with Gasteiger partial charge in [0.2, 0.25) is 5.91 Å².